The molecule has 6 nitrogen and oxygen atoms in total. The van der Waals surface area contributed by atoms with Crippen molar-refractivity contribution >= 4 is 12.0 Å². The number of methoxy groups -OCH3 is 1. The summed E-state index contributed by atoms with van der Waals surface area (Å²) in [4.78, 5) is 26.2. The Labute approximate surface area is 121 Å². The highest BCUT2D eigenvalue weighted by Crippen LogP contribution is 2.35. The van der Waals surface area contributed by atoms with Crippen molar-refractivity contribution < 1.29 is 14.3 Å². The van der Waals surface area contributed by atoms with Gasteiger partial charge < -0.3 is 15.4 Å². The van der Waals surface area contributed by atoms with Gasteiger partial charge in [-0.1, -0.05) is 13.8 Å². The quantitative estimate of drug-likeness (QED) is 0.768. The lowest BCUT2D eigenvalue weighted by Gasteiger charge is -2.42. The van der Waals surface area contributed by atoms with Gasteiger partial charge in [0.15, 0.2) is 5.66 Å². The smallest absolute Gasteiger partial charge is 0.408 e. The van der Waals surface area contributed by atoms with Crippen molar-refractivity contribution in [2.24, 2.45) is 11.7 Å². The summed E-state index contributed by atoms with van der Waals surface area (Å²) < 4.78 is 4.59. The fourth-order valence-electron chi connectivity index (χ4n) is 2.75. The predicted molar refractivity (Wildman–Crippen MR) is 76.9 cm³/mol. The molecule has 1 rings (SSSR count). The zero-order valence-electron chi connectivity index (χ0n) is 13.3. The summed E-state index contributed by atoms with van der Waals surface area (Å²) in [7, 11) is 1.25. The summed E-state index contributed by atoms with van der Waals surface area (Å²) in [6, 6.07) is 0.110. The van der Waals surface area contributed by atoms with Gasteiger partial charge in [0, 0.05) is 11.6 Å². The van der Waals surface area contributed by atoms with Gasteiger partial charge in [-0.3, -0.25) is 10.1 Å². The summed E-state index contributed by atoms with van der Waals surface area (Å²) in [6.07, 6.45) is 1.16. The first-order valence-electron chi connectivity index (χ1n) is 7.05. The number of likely N-dealkylation sites (tertiary alicyclic amines) is 1. The Morgan fingerprint density at radius 1 is 1.45 bits per heavy atom. The fourth-order valence-corrected chi connectivity index (χ4v) is 2.75. The number of hydrogen-bond donors (Lipinski definition) is 2. The highest BCUT2D eigenvalue weighted by molar-refractivity contribution is 5.90. The summed E-state index contributed by atoms with van der Waals surface area (Å²) in [5.41, 5.74) is 4.51. The summed E-state index contributed by atoms with van der Waals surface area (Å²) >= 11 is 0. The van der Waals surface area contributed by atoms with E-state index >= 15 is 0 Å². The van der Waals surface area contributed by atoms with Gasteiger partial charge in [0.25, 0.3) is 5.91 Å². The van der Waals surface area contributed by atoms with Crippen LogP contribution in [-0.4, -0.2) is 41.3 Å². The van der Waals surface area contributed by atoms with E-state index in [0.717, 1.165) is 12.8 Å². The topological polar surface area (TPSA) is 84.7 Å². The van der Waals surface area contributed by atoms with Crippen molar-refractivity contribution in [3.05, 3.63) is 0 Å². The van der Waals surface area contributed by atoms with Gasteiger partial charge in [-0.25, -0.2) is 4.79 Å². The Balaban J connectivity index is 3.09. The minimum Gasteiger partial charge on any atom is -0.453 e. The molecule has 116 valence electrons. The number of amides is 2. The highest BCUT2D eigenvalue weighted by atomic mass is 16.5. The summed E-state index contributed by atoms with van der Waals surface area (Å²) in [6.45, 7) is 9.66. The third-order valence-electron chi connectivity index (χ3n) is 4.24. The van der Waals surface area contributed by atoms with E-state index in [-0.39, 0.29) is 23.4 Å². The van der Waals surface area contributed by atoms with Crippen LogP contribution < -0.4 is 11.1 Å². The van der Waals surface area contributed by atoms with Crippen molar-refractivity contribution in [1.82, 2.24) is 10.2 Å². The number of nitrogens with two attached hydrogens (primary N) is 1. The zero-order valence-corrected chi connectivity index (χ0v) is 13.3. The Bertz CT molecular complexity index is 395. The van der Waals surface area contributed by atoms with Crippen LogP contribution in [0.2, 0.25) is 0 Å². The number of nitrogens with one attached hydrogen (secondary N) is 1. The number of nitrogens with zero attached hydrogens (tertiary/aromatic N) is 1. The molecule has 0 aromatic rings. The van der Waals surface area contributed by atoms with Crippen LogP contribution in [0.3, 0.4) is 0 Å². The Morgan fingerprint density at radius 2 is 2.00 bits per heavy atom. The molecule has 1 heterocycles. The van der Waals surface area contributed by atoms with Crippen molar-refractivity contribution in [3.8, 4) is 0 Å². The van der Waals surface area contributed by atoms with Crippen molar-refractivity contribution in [1.29, 1.82) is 0 Å². The lowest BCUT2D eigenvalue weighted by molar-refractivity contribution is -0.145. The highest BCUT2D eigenvalue weighted by Gasteiger charge is 2.49. The molecule has 1 fully saturated rings. The Morgan fingerprint density at radius 3 is 2.35 bits per heavy atom. The predicted octanol–water partition coefficient (Wildman–Crippen LogP) is 1.44. The van der Waals surface area contributed by atoms with E-state index in [4.69, 9.17) is 5.73 Å². The van der Waals surface area contributed by atoms with Crippen LogP contribution >= 0.6 is 0 Å². The molecule has 0 aromatic heterocycles. The van der Waals surface area contributed by atoms with Gasteiger partial charge in [0.1, 0.15) is 0 Å². The lowest BCUT2D eigenvalue weighted by Crippen LogP contribution is -2.70. The molecule has 0 aromatic carbocycles. The van der Waals surface area contributed by atoms with Crippen LogP contribution in [0.15, 0.2) is 0 Å². The summed E-state index contributed by atoms with van der Waals surface area (Å²) in [5, 5.41) is 2.50. The molecule has 6 heteroatoms. The number of rotatable bonds is 3. The van der Waals surface area contributed by atoms with E-state index < -0.39 is 11.8 Å². The Kier molecular flexibility index (Phi) is 4.69. The molecule has 0 saturated carbocycles. The first-order valence-corrected chi connectivity index (χ1v) is 7.05. The van der Waals surface area contributed by atoms with E-state index in [2.05, 4.69) is 10.1 Å². The second kappa shape index (κ2) is 5.60. The molecule has 1 unspecified atom stereocenters. The first kappa shape index (κ1) is 16.8. The van der Waals surface area contributed by atoms with E-state index in [9.17, 15) is 9.59 Å². The molecule has 0 bridgehead atoms. The minimum absolute atomic E-state index is 0.110. The van der Waals surface area contributed by atoms with Gasteiger partial charge in [-0.15, -0.1) is 0 Å². The standard InChI is InChI=1S/C14H27N3O3/c1-9(2)14(15,16-12(19)20-6)11(18)17-10(3)7-8-13(17,4)5/h9-10H,7-8,15H2,1-6H3,(H,16,19)/t10?,14-/m0/s1. The molecule has 2 amide bonds. The van der Waals surface area contributed by atoms with Crippen LogP contribution in [0.4, 0.5) is 4.79 Å². The maximum Gasteiger partial charge on any atom is 0.408 e. The van der Waals surface area contributed by atoms with E-state index in [1.807, 2.05) is 34.6 Å². The number of hydrogen-bond acceptors (Lipinski definition) is 4. The maximum absolute atomic E-state index is 12.9. The average molecular weight is 285 g/mol. The minimum atomic E-state index is -1.46. The van der Waals surface area contributed by atoms with Crippen molar-refractivity contribution in [3.63, 3.8) is 0 Å². The van der Waals surface area contributed by atoms with Crippen LogP contribution in [0.1, 0.15) is 47.5 Å². The van der Waals surface area contributed by atoms with Gasteiger partial charge in [0.05, 0.1) is 7.11 Å². The van der Waals surface area contributed by atoms with Crippen molar-refractivity contribution in [2.75, 3.05) is 7.11 Å². The molecule has 1 aliphatic heterocycles. The van der Waals surface area contributed by atoms with Crippen molar-refractivity contribution in [2.45, 2.75) is 64.7 Å². The maximum atomic E-state index is 12.9. The molecule has 0 aliphatic carbocycles. The van der Waals surface area contributed by atoms with Gasteiger partial charge in [-0.2, -0.15) is 0 Å². The largest absolute Gasteiger partial charge is 0.453 e. The first-order chi connectivity index (χ1) is 9.06. The van der Waals surface area contributed by atoms with Crippen LogP contribution in [0.5, 0.6) is 0 Å². The lowest BCUT2D eigenvalue weighted by atomic mass is 9.92. The molecule has 3 N–H and O–H groups in total. The molecule has 0 spiro atoms. The molecular weight excluding hydrogens is 258 g/mol. The van der Waals surface area contributed by atoms with E-state index in [1.165, 1.54) is 7.11 Å². The molecule has 0 radical (unpaired) electrons. The molecule has 1 saturated heterocycles. The molecular formula is C14H27N3O3. The van der Waals surface area contributed by atoms with Crippen LogP contribution in [0, 0.1) is 5.92 Å². The van der Waals surface area contributed by atoms with Gasteiger partial charge in [0.2, 0.25) is 0 Å². The average Bonchev–Trinajstić information content (AvgIpc) is 2.61. The van der Waals surface area contributed by atoms with Gasteiger partial charge >= 0.3 is 6.09 Å². The van der Waals surface area contributed by atoms with Crippen LogP contribution in [-0.2, 0) is 9.53 Å². The summed E-state index contributed by atoms with van der Waals surface area (Å²) in [5.74, 6) is -0.509. The zero-order chi connectivity index (χ0) is 15.7. The molecule has 2 atom stereocenters. The fraction of sp³-hybridized carbons (Fsp3) is 0.857. The SMILES string of the molecule is COC(=O)N[C@](N)(C(=O)N1C(C)CCC1(C)C)C(C)C. The van der Waals surface area contributed by atoms with Gasteiger partial charge in [-0.05, 0) is 39.5 Å². The second-order valence-electron chi connectivity index (χ2n) is 6.52. The number of carbonyl (C=O) groups is 2. The number of alkyl carbamates (subject to hydrolysis) is 1. The normalized spacial score (nSPS) is 24.4. The van der Waals surface area contributed by atoms with E-state index in [1.54, 1.807) is 4.90 Å². The Hall–Kier alpha value is -1.30. The monoisotopic (exact) mass is 285 g/mol. The molecule has 1 aliphatic rings. The van der Waals surface area contributed by atoms with Crippen LogP contribution in [0.25, 0.3) is 0 Å². The van der Waals surface area contributed by atoms with E-state index in [0.29, 0.717) is 0 Å². The number of carbonyl (C=O) groups excluding carboxylic acids is 2. The third kappa shape index (κ3) is 2.90. The number of ether oxygens (including phenoxy) is 1. The molecule has 20 heavy (non-hydrogen) atoms. The third-order valence-corrected chi connectivity index (χ3v) is 4.24. The second-order valence-corrected chi connectivity index (χ2v) is 6.52.